The molecule has 0 aliphatic heterocycles. The summed E-state index contributed by atoms with van der Waals surface area (Å²) in [6.45, 7) is 6.41. The Bertz CT molecular complexity index is 606. The highest BCUT2D eigenvalue weighted by Gasteiger charge is 2.24. The van der Waals surface area contributed by atoms with Gasteiger partial charge in [0.05, 0.1) is 23.8 Å². The van der Waals surface area contributed by atoms with Crippen LogP contribution in [-0.2, 0) is 12.1 Å². The number of thiophene rings is 1. The van der Waals surface area contributed by atoms with E-state index in [1.54, 1.807) is 18.3 Å². The first-order chi connectivity index (χ1) is 10.4. The minimum Gasteiger partial charge on any atom is -0.384 e. The summed E-state index contributed by atoms with van der Waals surface area (Å²) in [7, 11) is 0. The second kappa shape index (κ2) is 7.21. The van der Waals surface area contributed by atoms with E-state index in [1.807, 2.05) is 22.2 Å². The van der Waals surface area contributed by atoms with Crippen LogP contribution in [0.5, 0.6) is 0 Å². The Balaban J connectivity index is 1.78. The van der Waals surface area contributed by atoms with Crippen molar-refractivity contribution in [2.24, 2.45) is 0 Å². The number of amides is 2. The number of urea groups is 1. The molecule has 0 aromatic carbocycles. The van der Waals surface area contributed by atoms with Crippen LogP contribution in [0.1, 0.15) is 43.0 Å². The SMILES string of the molecule is CC(C)c1nc(CNC(=O)NC[C@@](C)(O)c2ccsc2)cs1. The smallest absolute Gasteiger partial charge is 0.315 e. The fraction of sp³-hybridized carbons (Fsp3) is 0.467. The molecule has 5 nitrogen and oxygen atoms in total. The van der Waals surface area contributed by atoms with Gasteiger partial charge in [-0.15, -0.1) is 11.3 Å². The van der Waals surface area contributed by atoms with Gasteiger partial charge in [0, 0.05) is 11.3 Å². The molecule has 2 amide bonds. The van der Waals surface area contributed by atoms with Gasteiger partial charge in [0.25, 0.3) is 0 Å². The molecule has 0 unspecified atom stereocenters. The van der Waals surface area contributed by atoms with Crippen molar-refractivity contribution in [3.8, 4) is 0 Å². The van der Waals surface area contributed by atoms with E-state index in [1.165, 1.54) is 11.3 Å². The van der Waals surface area contributed by atoms with Gasteiger partial charge in [-0.05, 0) is 29.3 Å². The van der Waals surface area contributed by atoms with Crippen LogP contribution in [0.25, 0.3) is 0 Å². The van der Waals surface area contributed by atoms with Crippen LogP contribution in [0.2, 0.25) is 0 Å². The average molecular weight is 339 g/mol. The van der Waals surface area contributed by atoms with Gasteiger partial charge in [0.2, 0.25) is 0 Å². The number of hydrogen-bond donors (Lipinski definition) is 3. The number of hydrogen-bond acceptors (Lipinski definition) is 5. The van der Waals surface area contributed by atoms with E-state index in [0.29, 0.717) is 12.5 Å². The molecule has 2 aromatic heterocycles. The van der Waals surface area contributed by atoms with Crippen molar-refractivity contribution in [2.45, 2.75) is 38.8 Å². The van der Waals surface area contributed by atoms with Crippen molar-refractivity contribution < 1.29 is 9.90 Å². The van der Waals surface area contributed by atoms with Gasteiger partial charge in [-0.2, -0.15) is 11.3 Å². The molecule has 7 heteroatoms. The number of nitrogens with zero attached hydrogens (tertiary/aromatic N) is 1. The molecule has 0 saturated carbocycles. The Hall–Kier alpha value is -1.44. The predicted octanol–water partition coefficient (Wildman–Crippen LogP) is 3.03. The van der Waals surface area contributed by atoms with E-state index in [2.05, 4.69) is 29.5 Å². The fourth-order valence-corrected chi connectivity index (χ4v) is 3.45. The number of carbonyl (C=O) groups excluding carboxylic acids is 1. The monoisotopic (exact) mass is 339 g/mol. The van der Waals surface area contributed by atoms with Crippen molar-refractivity contribution in [3.63, 3.8) is 0 Å². The molecule has 2 aromatic rings. The van der Waals surface area contributed by atoms with E-state index in [0.717, 1.165) is 16.3 Å². The lowest BCUT2D eigenvalue weighted by Gasteiger charge is -2.22. The molecular weight excluding hydrogens is 318 g/mol. The third kappa shape index (κ3) is 4.53. The van der Waals surface area contributed by atoms with Crippen LogP contribution < -0.4 is 10.6 Å². The zero-order chi connectivity index (χ0) is 16.2. The first-order valence-electron chi connectivity index (χ1n) is 7.09. The summed E-state index contributed by atoms with van der Waals surface area (Å²) < 4.78 is 0. The first kappa shape index (κ1) is 16.9. The topological polar surface area (TPSA) is 74.2 Å². The van der Waals surface area contributed by atoms with Gasteiger partial charge in [-0.3, -0.25) is 0 Å². The number of nitrogens with one attached hydrogen (secondary N) is 2. The quantitative estimate of drug-likeness (QED) is 0.757. The van der Waals surface area contributed by atoms with E-state index >= 15 is 0 Å². The number of carbonyl (C=O) groups is 1. The molecule has 0 spiro atoms. The molecule has 2 rings (SSSR count). The zero-order valence-corrected chi connectivity index (χ0v) is 14.6. The number of aliphatic hydroxyl groups is 1. The highest BCUT2D eigenvalue weighted by Crippen LogP contribution is 2.22. The Labute approximate surface area is 138 Å². The molecule has 3 N–H and O–H groups in total. The predicted molar refractivity (Wildman–Crippen MR) is 90.3 cm³/mol. The van der Waals surface area contributed by atoms with Crippen LogP contribution in [0.3, 0.4) is 0 Å². The van der Waals surface area contributed by atoms with Crippen molar-refractivity contribution in [3.05, 3.63) is 38.5 Å². The third-order valence-corrected chi connectivity index (χ3v) is 5.11. The van der Waals surface area contributed by atoms with Crippen LogP contribution in [0, 0.1) is 0 Å². The highest BCUT2D eigenvalue weighted by molar-refractivity contribution is 7.09. The Morgan fingerprint density at radius 1 is 1.41 bits per heavy atom. The highest BCUT2D eigenvalue weighted by atomic mass is 32.1. The molecule has 0 saturated heterocycles. The summed E-state index contributed by atoms with van der Waals surface area (Å²) in [6.07, 6.45) is 0. The molecule has 0 radical (unpaired) electrons. The lowest BCUT2D eigenvalue weighted by atomic mass is 9.99. The van der Waals surface area contributed by atoms with Crippen molar-refractivity contribution in [2.75, 3.05) is 6.54 Å². The van der Waals surface area contributed by atoms with E-state index < -0.39 is 5.60 Å². The largest absolute Gasteiger partial charge is 0.384 e. The second-order valence-electron chi connectivity index (χ2n) is 5.65. The standard InChI is InChI=1S/C15H21N3O2S2/c1-10(2)13-18-12(8-22-13)6-16-14(19)17-9-15(3,20)11-4-5-21-7-11/h4-5,7-8,10,20H,6,9H2,1-3H3,(H2,16,17,19)/t15-/m1/s1. The minimum atomic E-state index is -1.07. The van der Waals surface area contributed by atoms with Crippen molar-refractivity contribution in [1.82, 2.24) is 15.6 Å². The van der Waals surface area contributed by atoms with Crippen molar-refractivity contribution in [1.29, 1.82) is 0 Å². The van der Waals surface area contributed by atoms with E-state index in [-0.39, 0.29) is 12.6 Å². The Kier molecular flexibility index (Phi) is 5.55. The second-order valence-corrected chi connectivity index (χ2v) is 7.32. The van der Waals surface area contributed by atoms with Gasteiger partial charge in [-0.1, -0.05) is 13.8 Å². The van der Waals surface area contributed by atoms with E-state index in [9.17, 15) is 9.90 Å². The van der Waals surface area contributed by atoms with Gasteiger partial charge >= 0.3 is 6.03 Å². The molecule has 1 atom stereocenters. The first-order valence-corrected chi connectivity index (χ1v) is 8.92. The molecule has 0 aliphatic rings. The van der Waals surface area contributed by atoms with Crippen LogP contribution >= 0.6 is 22.7 Å². The third-order valence-electron chi connectivity index (χ3n) is 3.23. The lowest BCUT2D eigenvalue weighted by Crippen LogP contribution is -2.43. The summed E-state index contributed by atoms with van der Waals surface area (Å²) in [5.74, 6) is 0.397. The maximum Gasteiger partial charge on any atom is 0.315 e. The molecule has 120 valence electrons. The average Bonchev–Trinajstić information content (AvgIpc) is 3.13. The number of aromatic nitrogens is 1. The molecule has 22 heavy (non-hydrogen) atoms. The Morgan fingerprint density at radius 3 is 2.77 bits per heavy atom. The summed E-state index contributed by atoms with van der Waals surface area (Å²) in [6, 6.07) is 1.54. The summed E-state index contributed by atoms with van der Waals surface area (Å²) >= 11 is 3.12. The van der Waals surface area contributed by atoms with Gasteiger partial charge in [-0.25, -0.2) is 9.78 Å². The maximum atomic E-state index is 11.8. The van der Waals surface area contributed by atoms with Crippen LogP contribution in [0.15, 0.2) is 22.2 Å². The number of thiazole rings is 1. The van der Waals surface area contributed by atoms with Gasteiger partial charge < -0.3 is 15.7 Å². The fourth-order valence-electron chi connectivity index (χ4n) is 1.83. The maximum absolute atomic E-state index is 11.8. The van der Waals surface area contributed by atoms with E-state index in [4.69, 9.17) is 0 Å². The van der Waals surface area contributed by atoms with Gasteiger partial charge in [0.15, 0.2) is 0 Å². The summed E-state index contributed by atoms with van der Waals surface area (Å²) in [5, 5.41) is 22.6. The zero-order valence-electron chi connectivity index (χ0n) is 12.9. The summed E-state index contributed by atoms with van der Waals surface area (Å²) in [4.78, 5) is 16.3. The number of rotatable bonds is 6. The minimum absolute atomic E-state index is 0.157. The molecule has 0 bridgehead atoms. The normalized spacial score (nSPS) is 13.9. The molecular formula is C15H21N3O2S2. The van der Waals surface area contributed by atoms with Gasteiger partial charge in [0.1, 0.15) is 5.60 Å². The molecule has 2 heterocycles. The summed E-state index contributed by atoms with van der Waals surface area (Å²) in [5.41, 5.74) is 0.593. The molecule has 0 fully saturated rings. The Morgan fingerprint density at radius 2 is 2.18 bits per heavy atom. The molecule has 0 aliphatic carbocycles. The lowest BCUT2D eigenvalue weighted by molar-refractivity contribution is 0.0598. The van der Waals surface area contributed by atoms with Crippen molar-refractivity contribution >= 4 is 28.7 Å². The van der Waals surface area contributed by atoms with Crippen LogP contribution in [-0.4, -0.2) is 22.7 Å². The van der Waals surface area contributed by atoms with Crippen LogP contribution in [0.4, 0.5) is 4.79 Å².